The third-order valence-corrected chi connectivity index (χ3v) is 6.01. The van der Waals surface area contributed by atoms with Gasteiger partial charge in [-0.05, 0) is 76.0 Å². The number of rotatable bonds is 5. The van der Waals surface area contributed by atoms with E-state index in [4.69, 9.17) is 0 Å². The molecule has 0 aliphatic carbocycles. The van der Waals surface area contributed by atoms with Crippen molar-refractivity contribution in [3.63, 3.8) is 0 Å². The molecule has 0 aliphatic rings. The van der Waals surface area contributed by atoms with Crippen molar-refractivity contribution in [3.05, 3.63) is 82.9 Å². The van der Waals surface area contributed by atoms with Crippen molar-refractivity contribution in [3.8, 4) is 22.3 Å². The van der Waals surface area contributed by atoms with E-state index in [1.807, 2.05) is 0 Å². The second-order valence-electron chi connectivity index (χ2n) is 6.38. The molecule has 3 rings (SSSR count). The Labute approximate surface area is 158 Å². The summed E-state index contributed by atoms with van der Waals surface area (Å²) in [4.78, 5) is 0. The summed E-state index contributed by atoms with van der Waals surface area (Å²) in [6, 6.07) is 22.6. The molecule has 0 fully saturated rings. The molecular formula is C22H25P3. The first-order valence-electron chi connectivity index (χ1n) is 8.58. The summed E-state index contributed by atoms with van der Waals surface area (Å²) in [7, 11) is 8.46. The Morgan fingerprint density at radius 2 is 1.12 bits per heavy atom. The van der Waals surface area contributed by atoms with E-state index >= 15 is 0 Å². The van der Waals surface area contributed by atoms with Crippen LogP contribution in [0, 0.1) is 6.92 Å². The molecule has 3 unspecified atom stereocenters. The minimum absolute atomic E-state index is 0.987. The Kier molecular flexibility index (Phi) is 6.41. The van der Waals surface area contributed by atoms with Crippen LogP contribution in [-0.2, 0) is 18.5 Å². The highest BCUT2D eigenvalue weighted by Crippen LogP contribution is 2.31. The molecular weight excluding hydrogens is 357 g/mol. The Balaban J connectivity index is 2.07. The lowest BCUT2D eigenvalue weighted by atomic mass is 9.93. The zero-order valence-corrected chi connectivity index (χ0v) is 18.1. The standard InChI is InChI=1S/C22H25P3/c1-15-2-5-20(19-6-3-16(12-23)4-7-19)11-22(15)21-9-17(13-24)8-18(10-21)14-25/h2-11H,12-14,23-25H2,1H3. The molecule has 0 heterocycles. The quantitative estimate of drug-likeness (QED) is 0.445. The van der Waals surface area contributed by atoms with Gasteiger partial charge in [0.2, 0.25) is 0 Å². The fourth-order valence-electron chi connectivity index (χ4n) is 3.10. The minimum atomic E-state index is 0.987. The van der Waals surface area contributed by atoms with Gasteiger partial charge >= 0.3 is 0 Å². The molecule has 0 aliphatic heterocycles. The van der Waals surface area contributed by atoms with Gasteiger partial charge in [0, 0.05) is 0 Å². The molecule has 0 saturated carbocycles. The second kappa shape index (κ2) is 8.56. The number of aryl methyl sites for hydroxylation is 1. The summed E-state index contributed by atoms with van der Waals surface area (Å²) >= 11 is 0. The normalized spacial score (nSPS) is 10.9. The second-order valence-corrected chi connectivity index (χ2v) is 7.60. The zero-order valence-electron chi connectivity index (χ0n) is 14.6. The van der Waals surface area contributed by atoms with Crippen LogP contribution in [0.3, 0.4) is 0 Å². The van der Waals surface area contributed by atoms with Crippen LogP contribution in [0.25, 0.3) is 22.3 Å². The van der Waals surface area contributed by atoms with Crippen molar-refractivity contribution < 1.29 is 0 Å². The summed E-state index contributed by atoms with van der Waals surface area (Å²) in [6.45, 7) is 2.20. The maximum Gasteiger partial charge on any atom is -0.0128 e. The molecule has 3 aromatic carbocycles. The van der Waals surface area contributed by atoms with Gasteiger partial charge in [0.1, 0.15) is 0 Å². The van der Waals surface area contributed by atoms with Gasteiger partial charge in [-0.25, -0.2) is 0 Å². The van der Waals surface area contributed by atoms with Crippen LogP contribution in [0.1, 0.15) is 22.3 Å². The Bertz CT molecular complexity index is 845. The number of benzene rings is 3. The van der Waals surface area contributed by atoms with Crippen molar-refractivity contribution in [1.29, 1.82) is 0 Å². The monoisotopic (exact) mass is 382 g/mol. The fraction of sp³-hybridized carbons (Fsp3) is 0.182. The fourth-order valence-corrected chi connectivity index (χ4v) is 3.84. The maximum atomic E-state index is 2.84. The smallest absolute Gasteiger partial charge is 0.0128 e. The van der Waals surface area contributed by atoms with Crippen LogP contribution in [0.2, 0.25) is 0 Å². The highest BCUT2D eigenvalue weighted by Gasteiger charge is 2.08. The van der Waals surface area contributed by atoms with Crippen LogP contribution < -0.4 is 0 Å². The molecule has 3 atom stereocenters. The molecule has 3 heteroatoms. The van der Waals surface area contributed by atoms with Gasteiger partial charge in [-0.3, -0.25) is 0 Å². The lowest BCUT2D eigenvalue weighted by Crippen LogP contribution is -1.90. The first-order valence-corrected chi connectivity index (χ1v) is 11.0. The van der Waals surface area contributed by atoms with E-state index < -0.39 is 0 Å². The topological polar surface area (TPSA) is 0 Å². The van der Waals surface area contributed by atoms with Gasteiger partial charge in [-0.2, -0.15) is 0 Å². The van der Waals surface area contributed by atoms with Gasteiger partial charge in [0.25, 0.3) is 0 Å². The molecule has 0 radical (unpaired) electrons. The molecule has 3 aromatic rings. The molecule has 0 N–H and O–H groups in total. The van der Waals surface area contributed by atoms with Gasteiger partial charge in [-0.1, -0.05) is 54.6 Å². The highest BCUT2D eigenvalue weighted by molar-refractivity contribution is 7.15. The third-order valence-electron chi connectivity index (χ3n) is 4.60. The van der Waals surface area contributed by atoms with Crippen molar-refractivity contribution >= 4 is 27.7 Å². The van der Waals surface area contributed by atoms with E-state index in [0.29, 0.717) is 0 Å². The van der Waals surface area contributed by atoms with Crippen LogP contribution >= 0.6 is 27.7 Å². The van der Waals surface area contributed by atoms with E-state index in [0.717, 1.165) is 18.5 Å². The lowest BCUT2D eigenvalue weighted by molar-refractivity contribution is 1.32. The van der Waals surface area contributed by atoms with Crippen LogP contribution in [0.4, 0.5) is 0 Å². The van der Waals surface area contributed by atoms with E-state index in [-0.39, 0.29) is 0 Å². The number of hydrogen-bond donors (Lipinski definition) is 0. The van der Waals surface area contributed by atoms with Crippen molar-refractivity contribution in [2.45, 2.75) is 25.4 Å². The van der Waals surface area contributed by atoms with E-state index in [9.17, 15) is 0 Å². The largest absolute Gasteiger partial charge is 0.133 e. The molecule has 0 amide bonds. The lowest BCUT2D eigenvalue weighted by Gasteiger charge is -2.13. The van der Waals surface area contributed by atoms with Gasteiger partial charge in [-0.15, -0.1) is 27.7 Å². The predicted octanol–water partition coefficient (Wildman–Crippen LogP) is 6.45. The summed E-state index contributed by atoms with van der Waals surface area (Å²) in [5.41, 5.74) is 10.6. The molecule has 0 saturated heterocycles. The molecule has 25 heavy (non-hydrogen) atoms. The van der Waals surface area contributed by atoms with Crippen molar-refractivity contribution in [2.24, 2.45) is 0 Å². The molecule has 0 nitrogen and oxygen atoms in total. The van der Waals surface area contributed by atoms with Crippen molar-refractivity contribution in [2.75, 3.05) is 0 Å². The SMILES string of the molecule is Cc1ccc(-c2ccc(CP)cc2)cc1-c1cc(CP)cc(CP)c1. The molecule has 128 valence electrons. The Morgan fingerprint density at radius 1 is 0.560 bits per heavy atom. The van der Waals surface area contributed by atoms with E-state index in [1.165, 1.54) is 44.5 Å². The first-order chi connectivity index (χ1) is 12.1. The summed E-state index contributed by atoms with van der Waals surface area (Å²) in [5.74, 6) is 0. The van der Waals surface area contributed by atoms with Crippen LogP contribution in [0.15, 0.2) is 60.7 Å². The molecule has 0 aromatic heterocycles. The van der Waals surface area contributed by atoms with Crippen molar-refractivity contribution in [1.82, 2.24) is 0 Å². The maximum absolute atomic E-state index is 2.84. The predicted molar refractivity (Wildman–Crippen MR) is 122 cm³/mol. The Hall–Kier alpha value is -1.05. The van der Waals surface area contributed by atoms with E-state index in [2.05, 4.69) is 95.3 Å². The first kappa shape index (κ1) is 18.7. The summed E-state index contributed by atoms with van der Waals surface area (Å²) in [6.07, 6.45) is 2.97. The Morgan fingerprint density at radius 3 is 1.68 bits per heavy atom. The summed E-state index contributed by atoms with van der Waals surface area (Å²) < 4.78 is 0. The number of hydrogen-bond acceptors (Lipinski definition) is 0. The highest BCUT2D eigenvalue weighted by atomic mass is 31.0. The molecule has 0 bridgehead atoms. The average Bonchev–Trinajstić information content (AvgIpc) is 2.68. The average molecular weight is 382 g/mol. The van der Waals surface area contributed by atoms with Gasteiger partial charge < -0.3 is 0 Å². The van der Waals surface area contributed by atoms with Gasteiger partial charge in [0.15, 0.2) is 0 Å². The van der Waals surface area contributed by atoms with Crippen LogP contribution in [-0.4, -0.2) is 0 Å². The van der Waals surface area contributed by atoms with Crippen LogP contribution in [0.5, 0.6) is 0 Å². The molecule has 0 spiro atoms. The summed E-state index contributed by atoms with van der Waals surface area (Å²) in [5, 5.41) is 0. The third kappa shape index (κ3) is 4.38. The minimum Gasteiger partial charge on any atom is -0.133 e. The van der Waals surface area contributed by atoms with Gasteiger partial charge in [0.05, 0.1) is 0 Å². The zero-order chi connectivity index (χ0) is 17.8. The van der Waals surface area contributed by atoms with E-state index in [1.54, 1.807) is 0 Å².